The summed E-state index contributed by atoms with van der Waals surface area (Å²) in [5.41, 5.74) is 2.15. The lowest BCUT2D eigenvalue weighted by Gasteiger charge is -2.19. The third-order valence-corrected chi connectivity index (χ3v) is 2.23. The number of benzene rings is 1. The van der Waals surface area contributed by atoms with Gasteiger partial charge >= 0.3 is 0 Å². The second kappa shape index (κ2) is 4.21. The number of rotatable bonds is 3. The van der Waals surface area contributed by atoms with Crippen molar-refractivity contribution in [3.63, 3.8) is 0 Å². The van der Waals surface area contributed by atoms with Crippen LogP contribution in [0.15, 0.2) is 30.8 Å². The van der Waals surface area contributed by atoms with E-state index in [1.165, 1.54) is 5.06 Å². The molecule has 0 heterocycles. The monoisotopic (exact) mass is 177 g/mol. The Kier molecular flexibility index (Phi) is 3.23. The van der Waals surface area contributed by atoms with Crippen LogP contribution in [0.3, 0.4) is 0 Å². The van der Waals surface area contributed by atoms with Crippen molar-refractivity contribution in [2.24, 2.45) is 0 Å². The van der Waals surface area contributed by atoms with Gasteiger partial charge in [-0.3, -0.25) is 0 Å². The van der Waals surface area contributed by atoms with Gasteiger partial charge in [-0.05, 0) is 18.1 Å². The van der Waals surface area contributed by atoms with Gasteiger partial charge in [0.1, 0.15) is 0 Å². The van der Waals surface area contributed by atoms with E-state index in [4.69, 9.17) is 0 Å². The highest BCUT2D eigenvalue weighted by Crippen LogP contribution is 2.21. The van der Waals surface area contributed by atoms with Crippen molar-refractivity contribution in [3.05, 3.63) is 42.0 Å². The number of hydroxylamine groups is 2. The van der Waals surface area contributed by atoms with E-state index < -0.39 is 0 Å². The van der Waals surface area contributed by atoms with E-state index in [2.05, 4.69) is 6.58 Å². The maximum atomic E-state index is 9.29. The molecular formula is C11H15NO. The van der Waals surface area contributed by atoms with Gasteiger partial charge in [0.05, 0.1) is 6.04 Å². The zero-order valence-corrected chi connectivity index (χ0v) is 8.07. The molecule has 0 saturated carbocycles. The highest BCUT2D eigenvalue weighted by molar-refractivity contribution is 5.52. The summed E-state index contributed by atoms with van der Waals surface area (Å²) in [6.45, 7) is 5.68. The van der Waals surface area contributed by atoms with E-state index >= 15 is 0 Å². The zero-order valence-electron chi connectivity index (χ0n) is 8.07. The van der Waals surface area contributed by atoms with Crippen LogP contribution in [-0.4, -0.2) is 17.3 Å². The Labute approximate surface area is 79.1 Å². The Bertz CT molecular complexity index is 294. The molecular weight excluding hydrogens is 162 g/mol. The molecule has 0 aliphatic carbocycles. The molecule has 0 bridgehead atoms. The average Bonchev–Trinajstić information content (AvgIpc) is 2.16. The van der Waals surface area contributed by atoms with Gasteiger partial charge in [0.15, 0.2) is 0 Å². The van der Waals surface area contributed by atoms with Crippen LogP contribution in [0, 0.1) is 0 Å². The molecule has 0 aliphatic heterocycles. The fourth-order valence-electron chi connectivity index (χ4n) is 1.28. The van der Waals surface area contributed by atoms with Crippen LogP contribution >= 0.6 is 0 Å². The lowest BCUT2D eigenvalue weighted by atomic mass is 10.0. The molecule has 1 aromatic carbocycles. The summed E-state index contributed by atoms with van der Waals surface area (Å²) in [6, 6.07) is 7.90. The molecule has 70 valence electrons. The summed E-state index contributed by atoms with van der Waals surface area (Å²) in [5, 5.41) is 10.5. The fraction of sp³-hybridized carbons (Fsp3) is 0.273. The molecule has 0 fully saturated rings. The van der Waals surface area contributed by atoms with E-state index in [9.17, 15) is 5.21 Å². The highest BCUT2D eigenvalue weighted by atomic mass is 16.5. The van der Waals surface area contributed by atoms with Gasteiger partial charge in [-0.1, -0.05) is 36.9 Å². The summed E-state index contributed by atoms with van der Waals surface area (Å²) >= 11 is 0. The second-order valence-electron chi connectivity index (χ2n) is 3.08. The van der Waals surface area contributed by atoms with Gasteiger partial charge in [0, 0.05) is 7.05 Å². The lowest BCUT2D eigenvalue weighted by Crippen LogP contribution is -2.18. The number of nitrogens with zero attached hydrogens (tertiary/aromatic N) is 1. The van der Waals surface area contributed by atoms with E-state index in [0.29, 0.717) is 0 Å². The summed E-state index contributed by atoms with van der Waals surface area (Å²) in [4.78, 5) is 0. The minimum absolute atomic E-state index is 0.00537. The molecule has 0 aromatic heterocycles. The van der Waals surface area contributed by atoms with Crippen molar-refractivity contribution >= 4 is 6.08 Å². The second-order valence-corrected chi connectivity index (χ2v) is 3.08. The summed E-state index contributed by atoms with van der Waals surface area (Å²) in [5.74, 6) is 0. The molecule has 1 N–H and O–H groups in total. The first kappa shape index (κ1) is 9.96. The molecule has 0 radical (unpaired) electrons. The molecule has 1 rings (SSSR count). The smallest absolute Gasteiger partial charge is 0.0573 e. The first-order valence-electron chi connectivity index (χ1n) is 4.30. The molecule has 0 aliphatic rings. The minimum Gasteiger partial charge on any atom is -0.314 e. The van der Waals surface area contributed by atoms with Crippen LogP contribution in [0.25, 0.3) is 6.08 Å². The van der Waals surface area contributed by atoms with Crippen LogP contribution < -0.4 is 0 Å². The first-order valence-corrected chi connectivity index (χ1v) is 4.30. The Morgan fingerprint density at radius 3 is 2.62 bits per heavy atom. The molecule has 1 unspecified atom stereocenters. The van der Waals surface area contributed by atoms with Crippen LogP contribution in [0.5, 0.6) is 0 Å². The first-order chi connectivity index (χ1) is 6.16. The molecule has 13 heavy (non-hydrogen) atoms. The summed E-state index contributed by atoms with van der Waals surface area (Å²) < 4.78 is 0. The van der Waals surface area contributed by atoms with Crippen LogP contribution in [0.2, 0.25) is 0 Å². The maximum Gasteiger partial charge on any atom is 0.0573 e. The van der Waals surface area contributed by atoms with E-state index in [1.807, 2.05) is 31.2 Å². The molecule has 0 amide bonds. The third-order valence-electron chi connectivity index (χ3n) is 2.23. The topological polar surface area (TPSA) is 23.5 Å². The van der Waals surface area contributed by atoms with E-state index in [0.717, 1.165) is 11.1 Å². The predicted octanol–water partition coefficient (Wildman–Crippen LogP) is 2.71. The van der Waals surface area contributed by atoms with Gasteiger partial charge in [-0.15, -0.1) is 0 Å². The summed E-state index contributed by atoms with van der Waals surface area (Å²) in [7, 11) is 1.64. The van der Waals surface area contributed by atoms with Gasteiger partial charge in [-0.25, -0.2) is 0 Å². The molecule has 2 nitrogen and oxygen atoms in total. The van der Waals surface area contributed by atoms with Crippen molar-refractivity contribution in [1.29, 1.82) is 0 Å². The predicted molar refractivity (Wildman–Crippen MR) is 54.5 cm³/mol. The third kappa shape index (κ3) is 2.17. The fourth-order valence-corrected chi connectivity index (χ4v) is 1.28. The Hall–Kier alpha value is -1.12. The SMILES string of the molecule is C=Cc1ccccc1C(C)N(C)O. The van der Waals surface area contributed by atoms with Crippen molar-refractivity contribution in [3.8, 4) is 0 Å². The van der Waals surface area contributed by atoms with Crippen molar-refractivity contribution in [2.45, 2.75) is 13.0 Å². The molecule has 0 saturated heterocycles. The van der Waals surface area contributed by atoms with Crippen molar-refractivity contribution < 1.29 is 5.21 Å². The lowest BCUT2D eigenvalue weighted by molar-refractivity contribution is -0.0984. The van der Waals surface area contributed by atoms with Gasteiger partial charge < -0.3 is 5.21 Å². The molecule has 1 aromatic rings. The maximum absolute atomic E-state index is 9.29. The number of hydrogen-bond acceptors (Lipinski definition) is 2. The van der Waals surface area contributed by atoms with E-state index in [-0.39, 0.29) is 6.04 Å². The quantitative estimate of drug-likeness (QED) is 0.717. The standard InChI is InChI=1S/C11H15NO/c1-4-10-7-5-6-8-11(10)9(2)12(3)13/h4-9,13H,1H2,2-3H3. The number of hydrogen-bond donors (Lipinski definition) is 1. The van der Waals surface area contributed by atoms with Crippen molar-refractivity contribution in [2.75, 3.05) is 7.05 Å². The Morgan fingerprint density at radius 1 is 1.46 bits per heavy atom. The highest BCUT2D eigenvalue weighted by Gasteiger charge is 2.11. The van der Waals surface area contributed by atoms with Gasteiger partial charge in [0.2, 0.25) is 0 Å². The van der Waals surface area contributed by atoms with Crippen LogP contribution in [0.4, 0.5) is 0 Å². The Morgan fingerprint density at radius 2 is 2.08 bits per heavy atom. The summed E-state index contributed by atoms with van der Waals surface area (Å²) in [6.07, 6.45) is 1.80. The molecule has 0 spiro atoms. The van der Waals surface area contributed by atoms with Gasteiger partial charge in [0.25, 0.3) is 0 Å². The largest absolute Gasteiger partial charge is 0.314 e. The van der Waals surface area contributed by atoms with Crippen LogP contribution in [-0.2, 0) is 0 Å². The van der Waals surface area contributed by atoms with E-state index in [1.54, 1.807) is 13.1 Å². The average molecular weight is 177 g/mol. The zero-order chi connectivity index (χ0) is 9.84. The van der Waals surface area contributed by atoms with Gasteiger partial charge in [-0.2, -0.15) is 5.06 Å². The molecule has 2 heteroatoms. The normalized spacial score (nSPS) is 12.9. The molecule has 1 atom stereocenters. The minimum atomic E-state index is -0.00537. The Balaban J connectivity index is 3.05. The van der Waals surface area contributed by atoms with Crippen LogP contribution in [0.1, 0.15) is 24.1 Å². The van der Waals surface area contributed by atoms with Crippen molar-refractivity contribution in [1.82, 2.24) is 5.06 Å².